The van der Waals surface area contributed by atoms with Gasteiger partial charge in [-0.05, 0) is 17.7 Å². The molecule has 1 aromatic heterocycles. The van der Waals surface area contributed by atoms with E-state index in [4.69, 9.17) is 4.74 Å². The molecule has 0 N–H and O–H groups in total. The van der Waals surface area contributed by atoms with E-state index >= 15 is 0 Å². The molecule has 0 spiro atoms. The van der Waals surface area contributed by atoms with Crippen LogP contribution >= 0.6 is 0 Å². The normalized spacial score (nSPS) is 11.5. The summed E-state index contributed by atoms with van der Waals surface area (Å²) in [5, 5.41) is 19.6. The average molecular weight is 411 g/mol. The molecule has 2 aromatic carbocycles. The summed E-state index contributed by atoms with van der Waals surface area (Å²) in [6.45, 7) is -0.169. The predicted molar refractivity (Wildman–Crippen MR) is 103 cm³/mol. The SMILES string of the molecule is O=C(OCc1ccccc1)[C@H](Cc1cn(-c2ccccc2)cn1)N([N+](=O)[O-])[N+](=O)[O-]. The standard InChI is InChI=1S/C19H17N5O6/c25-19(30-13-15-7-3-1-4-8-15)18(22(23(26)27)24(28)29)11-16-12-21(14-20-16)17-9-5-2-6-10-17/h1-10,12,14,18H,11,13H2/t18-/m0/s1. The third kappa shape index (κ3) is 4.95. The Kier molecular flexibility index (Phi) is 6.33. The quantitative estimate of drug-likeness (QED) is 0.297. The van der Waals surface area contributed by atoms with Gasteiger partial charge in [0, 0.05) is 18.3 Å². The number of esters is 1. The lowest BCUT2D eigenvalue weighted by Gasteiger charge is -2.15. The van der Waals surface area contributed by atoms with E-state index in [1.165, 1.54) is 6.33 Å². The Bertz CT molecular complexity index is 1010. The third-order valence-electron chi connectivity index (χ3n) is 4.20. The first kappa shape index (κ1) is 20.5. The molecule has 0 saturated carbocycles. The monoisotopic (exact) mass is 411 g/mol. The van der Waals surface area contributed by atoms with Crippen molar-refractivity contribution in [2.24, 2.45) is 0 Å². The molecule has 0 aliphatic heterocycles. The second-order valence-corrected chi connectivity index (χ2v) is 6.22. The fourth-order valence-electron chi connectivity index (χ4n) is 2.78. The van der Waals surface area contributed by atoms with Crippen LogP contribution in [0, 0.1) is 20.2 Å². The van der Waals surface area contributed by atoms with E-state index in [1.807, 2.05) is 30.3 Å². The van der Waals surface area contributed by atoms with Crippen LogP contribution in [0.25, 0.3) is 5.69 Å². The van der Waals surface area contributed by atoms with Crippen LogP contribution in [0.15, 0.2) is 73.2 Å². The van der Waals surface area contributed by atoms with E-state index in [-0.39, 0.29) is 23.8 Å². The van der Waals surface area contributed by atoms with Gasteiger partial charge >= 0.3 is 5.97 Å². The summed E-state index contributed by atoms with van der Waals surface area (Å²) in [4.78, 5) is 39.1. The minimum absolute atomic E-state index is 0.169. The molecule has 0 aliphatic rings. The fraction of sp³-hybridized carbons (Fsp3) is 0.158. The molecule has 1 atom stereocenters. The third-order valence-corrected chi connectivity index (χ3v) is 4.20. The molecule has 3 rings (SSSR count). The number of benzene rings is 2. The highest BCUT2D eigenvalue weighted by atomic mass is 16.8. The highest BCUT2D eigenvalue weighted by Gasteiger charge is 2.45. The molecule has 154 valence electrons. The molecular formula is C19H17N5O6. The number of rotatable bonds is 9. The minimum Gasteiger partial charge on any atom is -0.459 e. The van der Waals surface area contributed by atoms with Crippen molar-refractivity contribution in [2.45, 2.75) is 19.1 Å². The maximum Gasteiger partial charge on any atom is 0.342 e. The summed E-state index contributed by atoms with van der Waals surface area (Å²) < 4.78 is 6.75. The molecule has 30 heavy (non-hydrogen) atoms. The van der Waals surface area contributed by atoms with Crippen LogP contribution in [0.1, 0.15) is 11.3 Å². The van der Waals surface area contributed by atoms with Gasteiger partial charge < -0.3 is 9.30 Å². The fourth-order valence-corrected chi connectivity index (χ4v) is 2.78. The lowest BCUT2D eigenvalue weighted by atomic mass is 10.1. The van der Waals surface area contributed by atoms with Crippen LogP contribution in [0.2, 0.25) is 0 Å². The second-order valence-electron chi connectivity index (χ2n) is 6.22. The van der Waals surface area contributed by atoms with Gasteiger partial charge in [-0.3, -0.25) is 0 Å². The van der Waals surface area contributed by atoms with Crippen molar-refractivity contribution in [2.75, 3.05) is 0 Å². The maximum absolute atomic E-state index is 12.5. The van der Waals surface area contributed by atoms with Crippen molar-refractivity contribution >= 4 is 5.97 Å². The molecule has 0 radical (unpaired) electrons. The summed E-state index contributed by atoms with van der Waals surface area (Å²) in [6.07, 6.45) is 2.62. The minimum atomic E-state index is -1.79. The van der Waals surface area contributed by atoms with E-state index in [9.17, 15) is 25.0 Å². The molecule has 0 aliphatic carbocycles. The number of carbonyl (C=O) groups is 1. The number of hydrazine groups is 2. The molecule has 1 heterocycles. The first-order valence-electron chi connectivity index (χ1n) is 8.82. The second kappa shape index (κ2) is 9.28. The summed E-state index contributed by atoms with van der Waals surface area (Å²) in [5.74, 6) is -1.10. The number of carbonyl (C=O) groups excluding carboxylic acids is 1. The van der Waals surface area contributed by atoms with Crippen LogP contribution in [-0.4, -0.2) is 36.7 Å². The zero-order valence-corrected chi connectivity index (χ0v) is 15.6. The van der Waals surface area contributed by atoms with Crippen LogP contribution in [0.3, 0.4) is 0 Å². The highest BCUT2D eigenvalue weighted by Crippen LogP contribution is 2.14. The van der Waals surface area contributed by atoms with Gasteiger partial charge in [0.15, 0.2) is 5.12 Å². The average Bonchev–Trinajstić information content (AvgIpc) is 3.21. The Hall–Kier alpha value is -4.28. The van der Waals surface area contributed by atoms with Crippen LogP contribution < -0.4 is 0 Å². The van der Waals surface area contributed by atoms with Crippen molar-refractivity contribution in [3.05, 3.63) is 105 Å². The molecule has 0 fully saturated rings. The van der Waals surface area contributed by atoms with E-state index in [0.717, 1.165) is 5.69 Å². The largest absolute Gasteiger partial charge is 0.459 e. The number of aromatic nitrogens is 2. The number of nitro groups is 2. The molecular weight excluding hydrogens is 394 g/mol. The van der Waals surface area contributed by atoms with Gasteiger partial charge in [0.05, 0.1) is 12.0 Å². The Morgan fingerprint density at radius 2 is 1.63 bits per heavy atom. The highest BCUT2D eigenvalue weighted by molar-refractivity contribution is 5.75. The molecule has 3 aromatic rings. The van der Waals surface area contributed by atoms with Crippen molar-refractivity contribution in [1.29, 1.82) is 0 Å². The summed E-state index contributed by atoms with van der Waals surface area (Å²) in [6, 6.07) is 16.0. The van der Waals surface area contributed by atoms with Gasteiger partial charge in [-0.2, -0.15) is 0 Å². The van der Waals surface area contributed by atoms with Gasteiger partial charge in [0.25, 0.3) is 6.04 Å². The Labute approximate surface area is 170 Å². The number of nitrogens with zero attached hydrogens (tertiary/aromatic N) is 5. The summed E-state index contributed by atoms with van der Waals surface area (Å²) >= 11 is 0. The van der Waals surface area contributed by atoms with Gasteiger partial charge in [0.2, 0.25) is 10.1 Å². The van der Waals surface area contributed by atoms with Crippen LogP contribution in [0.5, 0.6) is 0 Å². The zero-order valence-electron chi connectivity index (χ0n) is 15.6. The molecule has 0 saturated heterocycles. The van der Waals surface area contributed by atoms with Crippen LogP contribution in [0.4, 0.5) is 0 Å². The first-order valence-corrected chi connectivity index (χ1v) is 8.82. The predicted octanol–water partition coefficient (Wildman–Crippen LogP) is 2.21. The summed E-state index contributed by atoms with van der Waals surface area (Å²) in [5.41, 5.74) is 1.68. The van der Waals surface area contributed by atoms with Gasteiger partial charge in [0.1, 0.15) is 6.61 Å². The van der Waals surface area contributed by atoms with Crippen LogP contribution in [-0.2, 0) is 22.6 Å². The van der Waals surface area contributed by atoms with Crippen molar-refractivity contribution < 1.29 is 19.6 Å². The molecule has 11 heteroatoms. The Morgan fingerprint density at radius 3 is 2.23 bits per heavy atom. The van der Waals surface area contributed by atoms with Crippen molar-refractivity contribution in [1.82, 2.24) is 14.7 Å². The Morgan fingerprint density at radius 1 is 1.03 bits per heavy atom. The van der Waals surface area contributed by atoms with Crippen molar-refractivity contribution in [3.8, 4) is 5.69 Å². The van der Waals surface area contributed by atoms with E-state index < -0.39 is 22.1 Å². The number of imidazole rings is 1. The lowest BCUT2D eigenvalue weighted by Crippen LogP contribution is -2.50. The first-order chi connectivity index (χ1) is 14.5. The topological polar surface area (TPSA) is 134 Å². The maximum atomic E-state index is 12.5. The number of hydrogen-bond acceptors (Lipinski definition) is 7. The number of hydrogen-bond donors (Lipinski definition) is 0. The Balaban J connectivity index is 1.80. The van der Waals surface area contributed by atoms with E-state index in [0.29, 0.717) is 5.56 Å². The van der Waals surface area contributed by atoms with E-state index in [2.05, 4.69) is 4.98 Å². The van der Waals surface area contributed by atoms with Gasteiger partial charge in [-0.1, -0.05) is 48.5 Å². The van der Waals surface area contributed by atoms with Gasteiger partial charge in [-0.15, -0.1) is 0 Å². The number of para-hydroxylation sites is 1. The molecule has 0 bridgehead atoms. The number of ether oxygens (including phenoxy) is 1. The smallest absolute Gasteiger partial charge is 0.342 e. The van der Waals surface area contributed by atoms with E-state index in [1.54, 1.807) is 41.1 Å². The lowest BCUT2D eigenvalue weighted by molar-refractivity contribution is -0.912. The van der Waals surface area contributed by atoms with Gasteiger partial charge in [-0.25, -0.2) is 30.0 Å². The molecule has 11 nitrogen and oxygen atoms in total. The molecule has 0 amide bonds. The summed E-state index contributed by atoms with van der Waals surface area (Å²) in [7, 11) is 0. The zero-order chi connectivity index (χ0) is 21.5. The van der Waals surface area contributed by atoms with Crippen molar-refractivity contribution in [3.63, 3.8) is 0 Å². The molecule has 0 unspecified atom stereocenters.